The number of aryl methyl sites for hydroxylation is 1. The predicted molar refractivity (Wildman–Crippen MR) is 81.1 cm³/mol. The summed E-state index contributed by atoms with van der Waals surface area (Å²) in [5, 5.41) is 3.30. The van der Waals surface area contributed by atoms with Crippen LogP contribution in [0.3, 0.4) is 0 Å². The minimum Gasteiger partial charge on any atom is -0.310 e. The first kappa shape index (κ1) is 16.6. The van der Waals surface area contributed by atoms with Gasteiger partial charge in [-0.1, -0.05) is 27.2 Å². The van der Waals surface area contributed by atoms with E-state index in [1.165, 1.54) is 0 Å². The summed E-state index contributed by atoms with van der Waals surface area (Å²) in [4.78, 5) is 2.33. The second kappa shape index (κ2) is 7.38. The zero-order chi connectivity index (χ0) is 14.5. The molecule has 2 N–H and O–H groups in total. The highest BCUT2D eigenvalue weighted by molar-refractivity contribution is 7.89. The van der Waals surface area contributed by atoms with Crippen LogP contribution in [0.1, 0.15) is 43.4 Å². The summed E-state index contributed by atoms with van der Waals surface area (Å²) in [6.07, 6.45) is 1.85. The maximum Gasteiger partial charge on any atom is 0.241 e. The molecule has 1 heterocycles. The van der Waals surface area contributed by atoms with Crippen molar-refractivity contribution in [1.29, 1.82) is 0 Å². The van der Waals surface area contributed by atoms with Crippen molar-refractivity contribution in [1.82, 2.24) is 10.0 Å². The number of unbranched alkanes of at least 4 members (excludes halogenated alkanes) is 1. The summed E-state index contributed by atoms with van der Waals surface area (Å²) in [7, 11) is -3.35. The Kier molecular flexibility index (Phi) is 6.46. The first-order chi connectivity index (χ1) is 8.86. The number of hydrogen-bond donors (Lipinski definition) is 2. The molecule has 0 bridgehead atoms. The molecule has 0 aliphatic rings. The van der Waals surface area contributed by atoms with Gasteiger partial charge in [0.05, 0.1) is 4.90 Å². The Balaban J connectivity index is 2.77. The molecule has 0 saturated heterocycles. The van der Waals surface area contributed by atoms with Crippen LogP contribution in [-0.2, 0) is 16.6 Å². The molecule has 6 heteroatoms. The first-order valence-corrected chi connectivity index (χ1v) is 8.99. The molecule has 4 nitrogen and oxygen atoms in total. The second-order valence-corrected chi connectivity index (χ2v) is 8.00. The molecule has 0 unspecified atom stereocenters. The zero-order valence-electron chi connectivity index (χ0n) is 12.1. The molecular weight excluding hydrogens is 280 g/mol. The summed E-state index contributed by atoms with van der Waals surface area (Å²) < 4.78 is 27.0. The minimum absolute atomic E-state index is 0.394. The van der Waals surface area contributed by atoms with Crippen molar-refractivity contribution in [3.8, 4) is 0 Å². The summed E-state index contributed by atoms with van der Waals surface area (Å²) >= 11 is 1.54. The smallest absolute Gasteiger partial charge is 0.241 e. The highest BCUT2D eigenvalue weighted by Crippen LogP contribution is 2.25. The molecule has 0 spiro atoms. The lowest BCUT2D eigenvalue weighted by atomic mass is 10.3. The number of rotatable bonds is 8. The van der Waals surface area contributed by atoms with Crippen molar-refractivity contribution in [2.75, 3.05) is 6.54 Å². The Labute approximate surface area is 120 Å². The van der Waals surface area contributed by atoms with E-state index in [0.717, 1.165) is 22.6 Å². The predicted octanol–water partition coefficient (Wildman–Crippen LogP) is 2.63. The summed E-state index contributed by atoms with van der Waals surface area (Å²) in [5.74, 6) is 0. The van der Waals surface area contributed by atoms with Gasteiger partial charge in [0.1, 0.15) is 0 Å². The van der Waals surface area contributed by atoms with Gasteiger partial charge in [0.15, 0.2) is 0 Å². The fourth-order valence-corrected chi connectivity index (χ4v) is 4.30. The van der Waals surface area contributed by atoms with Crippen molar-refractivity contribution in [2.24, 2.45) is 0 Å². The lowest BCUT2D eigenvalue weighted by Crippen LogP contribution is -2.25. The molecule has 0 atom stereocenters. The van der Waals surface area contributed by atoms with E-state index in [2.05, 4.69) is 23.9 Å². The molecule has 0 amide bonds. The van der Waals surface area contributed by atoms with Gasteiger partial charge < -0.3 is 5.32 Å². The van der Waals surface area contributed by atoms with Gasteiger partial charge in [0.25, 0.3) is 0 Å². The average Bonchev–Trinajstić information content (AvgIpc) is 2.69. The molecule has 0 aromatic carbocycles. The van der Waals surface area contributed by atoms with Crippen molar-refractivity contribution >= 4 is 21.4 Å². The standard InChI is InChI=1S/C13H24N2O2S2/c1-5-6-7-15-19(16,17)13-8-12(18-11(13)4)9-14-10(2)3/h8,10,14-15H,5-7,9H2,1-4H3. The third-order valence-electron chi connectivity index (χ3n) is 2.72. The van der Waals surface area contributed by atoms with Gasteiger partial charge in [0, 0.05) is 28.9 Å². The minimum atomic E-state index is -3.35. The Morgan fingerprint density at radius 1 is 1.37 bits per heavy atom. The quantitative estimate of drug-likeness (QED) is 0.726. The van der Waals surface area contributed by atoms with Crippen molar-refractivity contribution in [3.63, 3.8) is 0 Å². The van der Waals surface area contributed by atoms with Crippen molar-refractivity contribution < 1.29 is 8.42 Å². The van der Waals surface area contributed by atoms with Gasteiger partial charge in [-0.15, -0.1) is 11.3 Å². The largest absolute Gasteiger partial charge is 0.310 e. The molecule has 0 radical (unpaired) electrons. The summed E-state index contributed by atoms with van der Waals surface area (Å²) in [6.45, 7) is 9.27. The van der Waals surface area contributed by atoms with Crippen molar-refractivity contribution in [2.45, 2.75) is 58.0 Å². The summed E-state index contributed by atoms with van der Waals surface area (Å²) in [5.41, 5.74) is 0. The van der Waals surface area contributed by atoms with Crippen LogP contribution in [0.15, 0.2) is 11.0 Å². The molecule has 1 rings (SSSR count). The van der Waals surface area contributed by atoms with E-state index in [0.29, 0.717) is 24.0 Å². The Morgan fingerprint density at radius 2 is 2.05 bits per heavy atom. The first-order valence-electron chi connectivity index (χ1n) is 6.69. The van der Waals surface area contributed by atoms with E-state index < -0.39 is 10.0 Å². The highest BCUT2D eigenvalue weighted by atomic mass is 32.2. The number of hydrogen-bond acceptors (Lipinski definition) is 4. The second-order valence-electron chi connectivity index (χ2n) is 4.92. The van der Waals surface area contributed by atoms with E-state index in [9.17, 15) is 8.42 Å². The molecule has 19 heavy (non-hydrogen) atoms. The van der Waals surface area contributed by atoms with Crippen LogP contribution in [-0.4, -0.2) is 21.0 Å². The number of sulfonamides is 1. The van der Waals surface area contributed by atoms with E-state index in [1.54, 1.807) is 17.4 Å². The van der Waals surface area contributed by atoms with Gasteiger partial charge >= 0.3 is 0 Å². The van der Waals surface area contributed by atoms with Gasteiger partial charge in [0.2, 0.25) is 10.0 Å². The van der Waals surface area contributed by atoms with Gasteiger partial charge in [-0.3, -0.25) is 0 Å². The van der Waals surface area contributed by atoms with E-state index in [4.69, 9.17) is 0 Å². The number of thiophene rings is 1. The fourth-order valence-electron chi connectivity index (χ4n) is 1.64. The van der Waals surface area contributed by atoms with Crippen LogP contribution in [0.4, 0.5) is 0 Å². The third kappa shape index (κ3) is 5.22. The monoisotopic (exact) mass is 304 g/mol. The van der Waals surface area contributed by atoms with Crippen LogP contribution < -0.4 is 10.0 Å². The van der Waals surface area contributed by atoms with E-state index in [-0.39, 0.29) is 0 Å². The molecule has 1 aromatic heterocycles. The van der Waals surface area contributed by atoms with E-state index >= 15 is 0 Å². The summed E-state index contributed by atoms with van der Waals surface area (Å²) in [6, 6.07) is 2.18. The molecular formula is C13H24N2O2S2. The van der Waals surface area contributed by atoms with Gasteiger partial charge in [-0.25, -0.2) is 13.1 Å². The lowest BCUT2D eigenvalue weighted by Gasteiger charge is -2.05. The molecule has 1 aromatic rings. The fraction of sp³-hybridized carbons (Fsp3) is 0.692. The molecule has 0 saturated carbocycles. The van der Waals surface area contributed by atoms with E-state index in [1.807, 2.05) is 13.8 Å². The maximum absolute atomic E-state index is 12.2. The zero-order valence-corrected chi connectivity index (χ0v) is 13.7. The van der Waals surface area contributed by atoms with Gasteiger partial charge in [-0.2, -0.15) is 0 Å². The Morgan fingerprint density at radius 3 is 2.63 bits per heavy atom. The molecule has 0 aliphatic carbocycles. The van der Waals surface area contributed by atoms with Crippen LogP contribution in [0.5, 0.6) is 0 Å². The molecule has 0 aliphatic heterocycles. The maximum atomic E-state index is 12.2. The Bertz CT molecular complexity index is 493. The topological polar surface area (TPSA) is 58.2 Å². The normalized spacial score (nSPS) is 12.3. The SMILES string of the molecule is CCCCNS(=O)(=O)c1cc(CNC(C)C)sc1C. The van der Waals surface area contributed by atoms with Crippen molar-refractivity contribution in [3.05, 3.63) is 15.8 Å². The van der Waals surface area contributed by atoms with Crippen LogP contribution in [0, 0.1) is 6.92 Å². The Hall–Kier alpha value is -0.430. The molecule has 0 fully saturated rings. The van der Waals surface area contributed by atoms with Crippen LogP contribution in [0.25, 0.3) is 0 Å². The molecule has 110 valence electrons. The van der Waals surface area contributed by atoms with Gasteiger partial charge in [-0.05, 0) is 19.4 Å². The van der Waals surface area contributed by atoms with Crippen LogP contribution >= 0.6 is 11.3 Å². The highest BCUT2D eigenvalue weighted by Gasteiger charge is 2.19. The average molecular weight is 304 g/mol. The third-order valence-corrected chi connectivity index (χ3v) is 5.49. The van der Waals surface area contributed by atoms with Crippen LogP contribution in [0.2, 0.25) is 0 Å². The lowest BCUT2D eigenvalue weighted by molar-refractivity contribution is 0.577. The number of nitrogens with one attached hydrogen (secondary N) is 2.